The second-order valence-corrected chi connectivity index (χ2v) is 7.00. The number of amides is 1. The summed E-state index contributed by atoms with van der Waals surface area (Å²) in [6.07, 6.45) is 3.25. The Morgan fingerprint density at radius 1 is 1.23 bits per heavy atom. The van der Waals surface area contributed by atoms with Crippen molar-refractivity contribution in [2.45, 2.75) is 20.4 Å². The van der Waals surface area contributed by atoms with Crippen LogP contribution in [0.3, 0.4) is 0 Å². The summed E-state index contributed by atoms with van der Waals surface area (Å²) in [6, 6.07) is 9.27. The third-order valence-electron chi connectivity index (χ3n) is 4.66. The Labute approximate surface area is 181 Å². The first-order valence-electron chi connectivity index (χ1n) is 9.92. The molecule has 1 aliphatic rings. The lowest BCUT2D eigenvalue weighted by molar-refractivity contribution is -0.126. The van der Waals surface area contributed by atoms with Gasteiger partial charge < -0.3 is 23.8 Å². The molecule has 0 radical (unpaired) electrons. The van der Waals surface area contributed by atoms with Crippen LogP contribution in [0.4, 0.5) is 0 Å². The highest BCUT2D eigenvalue weighted by Gasteiger charge is 2.19. The van der Waals surface area contributed by atoms with Gasteiger partial charge >= 0.3 is 0 Å². The average Bonchev–Trinajstić information content (AvgIpc) is 2.76. The van der Waals surface area contributed by atoms with Crippen LogP contribution in [-0.2, 0) is 11.3 Å². The van der Waals surface area contributed by atoms with Gasteiger partial charge in [-0.25, -0.2) is 0 Å². The van der Waals surface area contributed by atoms with Crippen molar-refractivity contribution in [3.63, 3.8) is 0 Å². The van der Waals surface area contributed by atoms with Crippen molar-refractivity contribution in [1.82, 2.24) is 4.90 Å². The van der Waals surface area contributed by atoms with E-state index in [-0.39, 0.29) is 5.91 Å². The number of hydrogen-bond donors (Lipinski definition) is 0. The van der Waals surface area contributed by atoms with E-state index in [1.165, 1.54) is 6.08 Å². The standard InChI is InChI=1S/C23H26ClNO5/c1-4-25(15-17-7-6-8-19-22(17)30-12-11-29-19)21(26)10-9-16-13-18(24)23(27-3)20(14-16)28-5-2/h6-10,13-14H,4-5,11-12,15H2,1-3H3/b10-9+. The van der Waals surface area contributed by atoms with Crippen molar-refractivity contribution >= 4 is 23.6 Å². The molecule has 0 atom stereocenters. The number of rotatable bonds is 8. The molecule has 0 unspecified atom stereocenters. The number of benzene rings is 2. The number of halogens is 1. The van der Waals surface area contributed by atoms with Gasteiger partial charge in [-0.05, 0) is 43.7 Å². The quantitative estimate of drug-likeness (QED) is 0.572. The van der Waals surface area contributed by atoms with Crippen molar-refractivity contribution < 1.29 is 23.7 Å². The molecule has 0 N–H and O–H groups in total. The first-order chi connectivity index (χ1) is 14.6. The lowest BCUT2D eigenvalue weighted by Gasteiger charge is -2.24. The summed E-state index contributed by atoms with van der Waals surface area (Å²) in [4.78, 5) is 14.6. The van der Waals surface area contributed by atoms with E-state index in [1.54, 1.807) is 30.2 Å². The molecule has 2 aromatic rings. The fraction of sp³-hybridized carbons (Fsp3) is 0.348. The second-order valence-electron chi connectivity index (χ2n) is 6.59. The minimum Gasteiger partial charge on any atom is -0.491 e. The van der Waals surface area contributed by atoms with Crippen LogP contribution in [0.1, 0.15) is 25.0 Å². The Bertz CT molecular complexity index is 928. The molecular formula is C23H26ClNO5. The molecule has 0 aliphatic carbocycles. The van der Waals surface area contributed by atoms with E-state index in [0.717, 1.165) is 11.1 Å². The van der Waals surface area contributed by atoms with Crippen molar-refractivity contribution in [3.8, 4) is 23.0 Å². The smallest absolute Gasteiger partial charge is 0.246 e. The second kappa shape index (κ2) is 10.3. The van der Waals surface area contributed by atoms with Crippen LogP contribution in [0.25, 0.3) is 6.08 Å². The van der Waals surface area contributed by atoms with Gasteiger partial charge in [0.2, 0.25) is 5.91 Å². The molecule has 1 amide bonds. The van der Waals surface area contributed by atoms with Crippen LogP contribution in [-0.4, -0.2) is 44.3 Å². The molecule has 1 aliphatic heterocycles. The Morgan fingerprint density at radius 2 is 2.03 bits per heavy atom. The third kappa shape index (κ3) is 5.00. The van der Waals surface area contributed by atoms with Gasteiger partial charge in [0.05, 0.1) is 18.7 Å². The van der Waals surface area contributed by atoms with E-state index in [9.17, 15) is 4.79 Å². The summed E-state index contributed by atoms with van der Waals surface area (Å²) < 4.78 is 22.3. The van der Waals surface area contributed by atoms with Gasteiger partial charge in [-0.2, -0.15) is 0 Å². The van der Waals surface area contributed by atoms with Crippen LogP contribution in [0, 0.1) is 0 Å². The minimum atomic E-state index is -0.114. The van der Waals surface area contributed by atoms with E-state index in [2.05, 4.69) is 0 Å². The van der Waals surface area contributed by atoms with Crippen molar-refractivity contribution in [2.24, 2.45) is 0 Å². The Morgan fingerprint density at radius 3 is 2.77 bits per heavy atom. The predicted molar refractivity (Wildman–Crippen MR) is 117 cm³/mol. The number of fused-ring (bicyclic) bond motifs is 1. The molecule has 0 bridgehead atoms. The third-order valence-corrected chi connectivity index (χ3v) is 4.94. The lowest BCUT2D eigenvalue weighted by Crippen LogP contribution is -2.29. The summed E-state index contributed by atoms with van der Waals surface area (Å²) in [5, 5.41) is 0.427. The maximum absolute atomic E-state index is 12.8. The Kier molecular flexibility index (Phi) is 7.46. The number of hydrogen-bond acceptors (Lipinski definition) is 5. The molecule has 0 saturated carbocycles. The fourth-order valence-corrected chi connectivity index (χ4v) is 3.52. The summed E-state index contributed by atoms with van der Waals surface area (Å²) in [7, 11) is 1.54. The average molecular weight is 432 g/mol. The number of para-hydroxylation sites is 1. The van der Waals surface area contributed by atoms with E-state index in [4.69, 9.17) is 30.5 Å². The van der Waals surface area contributed by atoms with Gasteiger partial charge in [-0.15, -0.1) is 0 Å². The van der Waals surface area contributed by atoms with Gasteiger partial charge in [0, 0.05) is 24.7 Å². The van der Waals surface area contributed by atoms with Gasteiger partial charge in [0.25, 0.3) is 0 Å². The zero-order valence-corrected chi connectivity index (χ0v) is 18.2. The van der Waals surface area contributed by atoms with Crippen LogP contribution < -0.4 is 18.9 Å². The van der Waals surface area contributed by atoms with Crippen molar-refractivity contribution in [2.75, 3.05) is 33.5 Å². The lowest BCUT2D eigenvalue weighted by atomic mass is 10.1. The fourth-order valence-electron chi connectivity index (χ4n) is 3.23. The Hall–Kier alpha value is -2.86. The molecule has 7 heteroatoms. The number of likely N-dealkylation sites (N-methyl/N-ethyl adjacent to an activating group) is 1. The molecule has 30 heavy (non-hydrogen) atoms. The summed E-state index contributed by atoms with van der Waals surface area (Å²) in [5.41, 5.74) is 1.67. The highest BCUT2D eigenvalue weighted by Crippen LogP contribution is 2.37. The van der Waals surface area contributed by atoms with Gasteiger partial charge in [0.1, 0.15) is 13.2 Å². The number of nitrogens with zero attached hydrogens (tertiary/aromatic N) is 1. The monoisotopic (exact) mass is 431 g/mol. The maximum Gasteiger partial charge on any atom is 0.246 e. The molecule has 2 aromatic carbocycles. The maximum atomic E-state index is 12.8. The molecule has 6 nitrogen and oxygen atoms in total. The van der Waals surface area contributed by atoms with Crippen molar-refractivity contribution in [1.29, 1.82) is 0 Å². The molecule has 0 fully saturated rings. The van der Waals surface area contributed by atoms with E-state index < -0.39 is 0 Å². The summed E-state index contributed by atoms with van der Waals surface area (Å²) in [5.74, 6) is 2.33. The number of carbonyl (C=O) groups is 1. The topological polar surface area (TPSA) is 57.2 Å². The van der Waals surface area contributed by atoms with E-state index in [1.807, 2.05) is 32.0 Å². The SMILES string of the molecule is CCOc1cc(/C=C/C(=O)N(CC)Cc2cccc3c2OCCO3)cc(Cl)c1OC. The Balaban J connectivity index is 1.76. The van der Waals surface area contributed by atoms with Gasteiger partial charge in [-0.3, -0.25) is 4.79 Å². The molecular weight excluding hydrogens is 406 g/mol. The zero-order valence-electron chi connectivity index (χ0n) is 17.4. The first-order valence-corrected chi connectivity index (χ1v) is 10.3. The molecule has 160 valence electrons. The highest BCUT2D eigenvalue weighted by atomic mass is 35.5. The van der Waals surface area contributed by atoms with Crippen LogP contribution >= 0.6 is 11.6 Å². The van der Waals surface area contributed by atoms with E-state index >= 15 is 0 Å². The predicted octanol–water partition coefficient (Wildman–Crippen LogP) is 4.58. The number of methoxy groups -OCH3 is 1. The number of ether oxygens (including phenoxy) is 4. The van der Waals surface area contributed by atoms with Crippen molar-refractivity contribution in [3.05, 3.63) is 52.6 Å². The summed E-state index contributed by atoms with van der Waals surface area (Å²) in [6.45, 7) is 6.33. The molecule has 0 aromatic heterocycles. The largest absolute Gasteiger partial charge is 0.491 e. The highest BCUT2D eigenvalue weighted by molar-refractivity contribution is 6.32. The van der Waals surface area contributed by atoms with Gasteiger partial charge in [-0.1, -0.05) is 23.7 Å². The molecule has 3 rings (SSSR count). The first kappa shape index (κ1) is 21.8. The summed E-state index contributed by atoms with van der Waals surface area (Å²) >= 11 is 6.29. The van der Waals surface area contributed by atoms with Crippen LogP contribution in [0.15, 0.2) is 36.4 Å². The molecule has 0 spiro atoms. The minimum absolute atomic E-state index is 0.114. The normalized spacial score (nSPS) is 12.7. The number of carbonyl (C=O) groups excluding carboxylic acids is 1. The van der Waals surface area contributed by atoms with E-state index in [0.29, 0.717) is 60.9 Å². The van der Waals surface area contributed by atoms with Crippen LogP contribution in [0.2, 0.25) is 5.02 Å². The zero-order chi connectivity index (χ0) is 21.5. The molecule has 1 heterocycles. The van der Waals surface area contributed by atoms with Gasteiger partial charge in [0.15, 0.2) is 23.0 Å². The van der Waals surface area contributed by atoms with Crippen LogP contribution in [0.5, 0.6) is 23.0 Å². The molecule has 0 saturated heterocycles.